The van der Waals surface area contributed by atoms with E-state index >= 15 is 0 Å². The van der Waals surface area contributed by atoms with E-state index in [0.717, 1.165) is 15.6 Å². The zero-order valence-corrected chi connectivity index (χ0v) is 10.9. The van der Waals surface area contributed by atoms with Crippen LogP contribution in [0.5, 0.6) is 0 Å². The Morgan fingerprint density at radius 2 is 2.06 bits per heavy atom. The third-order valence-corrected chi connectivity index (χ3v) is 3.20. The zero-order chi connectivity index (χ0) is 12.4. The highest BCUT2D eigenvalue weighted by molar-refractivity contribution is 9.10. The molecule has 1 atom stereocenters. The third-order valence-electron chi connectivity index (χ3n) is 2.71. The van der Waals surface area contributed by atoms with Crippen molar-refractivity contribution in [1.29, 1.82) is 0 Å². The second-order valence-electron chi connectivity index (χ2n) is 3.88. The van der Waals surface area contributed by atoms with Gasteiger partial charge in [0.1, 0.15) is 5.82 Å². The Labute approximate surface area is 108 Å². The van der Waals surface area contributed by atoms with Crippen LogP contribution < -0.4 is 5.73 Å². The molecule has 1 aromatic carbocycles. The molecule has 2 nitrogen and oxygen atoms in total. The number of rotatable bonds is 2. The van der Waals surface area contributed by atoms with Crippen LogP contribution in [-0.4, -0.2) is 4.98 Å². The van der Waals surface area contributed by atoms with E-state index in [4.69, 9.17) is 5.73 Å². The number of nitrogens with two attached hydrogens (primary N) is 1. The molecule has 0 aliphatic heterocycles. The largest absolute Gasteiger partial charge is 0.320 e. The van der Waals surface area contributed by atoms with Crippen molar-refractivity contribution in [3.05, 3.63) is 63.6 Å². The summed E-state index contributed by atoms with van der Waals surface area (Å²) in [6.45, 7) is 1.94. The van der Waals surface area contributed by atoms with Crippen molar-refractivity contribution in [3.8, 4) is 0 Å². The molecule has 0 amide bonds. The highest BCUT2D eigenvalue weighted by Gasteiger charge is 2.15. The van der Waals surface area contributed by atoms with Gasteiger partial charge in [-0.15, -0.1) is 0 Å². The van der Waals surface area contributed by atoms with Crippen LogP contribution in [0.25, 0.3) is 0 Å². The van der Waals surface area contributed by atoms with Crippen LogP contribution in [0.2, 0.25) is 0 Å². The molecule has 1 unspecified atom stereocenters. The van der Waals surface area contributed by atoms with Crippen LogP contribution >= 0.6 is 15.9 Å². The molecule has 0 saturated heterocycles. The number of hydrogen-bond donors (Lipinski definition) is 1. The molecule has 1 aromatic heterocycles. The van der Waals surface area contributed by atoms with Crippen molar-refractivity contribution < 1.29 is 4.39 Å². The molecule has 0 saturated carbocycles. The molecule has 0 bridgehead atoms. The van der Waals surface area contributed by atoms with Crippen molar-refractivity contribution >= 4 is 15.9 Å². The smallest absolute Gasteiger partial charge is 0.128 e. The number of benzene rings is 1. The summed E-state index contributed by atoms with van der Waals surface area (Å²) in [5.41, 5.74) is 8.40. The van der Waals surface area contributed by atoms with E-state index in [1.165, 1.54) is 6.07 Å². The van der Waals surface area contributed by atoms with Crippen LogP contribution in [0.15, 0.2) is 41.1 Å². The fraction of sp³-hybridized carbons (Fsp3) is 0.154. The van der Waals surface area contributed by atoms with Gasteiger partial charge >= 0.3 is 0 Å². The van der Waals surface area contributed by atoms with Gasteiger partial charge in [-0.1, -0.05) is 15.9 Å². The topological polar surface area (TPSA) is 38.9 Å². The molecule has 0 spiro atoms. The van der Waals surface area contributed by atoms with Gasteiger partial charge in [0.15, 0.2) is 0 Å². The zero-order valence-electron chi connectivity index (χ0n) is 9.32. The van der Waals surface area contributed by atoms with Crippen molar-refractivity contribution in [2.45, 2.75) is 13.0 Å². The minimum Gasteiger partial charge on any atom is -0.320 e. The molecule has 0 fully saturated rings. The normalized spacial score (nSPS) is 12.5. The van der Waals surface area contributed by atoms with Crippen molar-refractivity contribution in [2.75, 3.05) is 0 Å². The number of nitrogens with zero attached hydrogens (tertiary/aromatic N) is 1. The third kappa shape index (κ3) is 2.53. The summed E-state index contributed by atoms with van der Waals surface area (Å²) in [5, 5.41) is 0. The highest BCUT2D eigenvalue weighted by Crippen LogP contribution is 2.26. The highest BCUT2D eigenvalue weighted by atomic mass is 79.9. The molecule has 0 aliphatic rings. The summed E-state index contributed by atoms with van der Waals surface area (Å²) in [6, 6.07) is 6.13. The summed E-state index contributed by atoms with van der Waals surface area (Å²) in [4.78, 5) is 4.03. The summed E-state index contributed by atoms with van der Waals surface area (Å²) >= 11 is 3.32. The maximum absolute atomic E-state index is 13.7. The standard InChI is InChI=1S/C13H12BrFN2/c1-8-4-5-17-7-11(8)13(16)10-6-9(14)2-3-12(10)15/h2-7,13H,16H2,1H3. The average Bonchev–Trinajstić information content (AvgIpc) is 2.32. The van der Waals surface area contributed by atoms with E-state index in [2.05, 4.69) is 20.9 Å². The van der Waals surface area contributed by atoms with Crippen molar-refractivity contribution in [2.24, 2.45) is 5.73 Å². The second-order valence-corrected chi connectivity index (χ2v) is 4.79. The van der Waals surface area contributed by atoms with Gasteiger partial charge in [0.2, 0.25) is 0 Å². The molecule has 1 heterocycles. The lowest BCUT2D eigenvalue weighted by atomic mass is 9.97. The second kappa shape index (κ2) is 4.94. The lowest BCUT2D eigenvalue weighted by Crippen LogP contribution is -2.15. The van der Waals surface area contributed by atoms with Crippen LogP contribution in [-0.2, 0) is 0 Å². The molecule has 2 aromatic rings. The van der Waals surface area contributed by atoms with E-state index in [1.54, 1.807) is 24.5 Å². The van der Waals surface area contributed by atoms with E-state index in [-0.39, 0.29) is 5.82 Å². The quantitative estimate of drug-likeness (QED) is 0.923. The SMILES string of the molecule is Cc1ccncc1C(N)c1cc(Br)ccc1F. The lowest BCUT2D eigenvalue weighted by molar-refractivity contribution is 0.598. The summed E-state index contributed by atoms with van der Waals surface area (Å²) < 4.78 is 14.5. The Bertz CT molecular complexity index is 543. The van der Waals surface area contributed by atoms with E-state index < -0.39 is 6.04 Å². The minimum absolute atomic E-state index is 0.302. The first kappa shape index (κ1) is 12.2. The number of aromatic nitrogens is 1. The monoisotopic (exact) mass is 294 g/mol. The van der Waals surface area contributed by atoms with Gasteiger partial charge in [0, 0.05) is 22.4 Å². The maximum Gasteiger partial charge on any atom is 0.128 e. The Morgan fingerprint density at radius 3 is 2.76 bits per heavy atom. The van der Waals surface area contributed by atoms with Gasteiger partial charge in [-0.3, -0.25) is 4.98 Å². The van der Waals surface area contributed by atoms with Gasteiger partial charge in [-0.2, -0.15) is 0 Å². The Hall–Kier alpha value is -1.26. The van der Waals surface area contributed by atoms with E-state index in [0.29, 0.717) is 5.56 Å². The fourth-order valence-electron chi connectivity index (χ4n) is 1.72. The van der Waals surface area contributed by atoms with Gasteiger partial charge in [-0.25, -0.2) is 4.39 Å². The molecular formula is C13H12BrFN2. The van der Waals surface area contributed by atoms with Gasteiger partial charge in [0.05, 0.1) is 6.04 Å². The molecular weight excluding hydrogens is 283 g/mol. The average molecular weight is 295 g/mol. The molecule has 0 aliphatic carbocycles. The lowest BCUT2D eigenvalue weighted by Gasteiger charge is -2.15. The number of aryl methyl sites for hydroxylation is 1. The first-order chi connectivity index (χ1) is 8.09. The van der Waals surface area contributed by atoms with Crippen LogP contribution in [0.3, 0.4) is 0 Å². The predicted octanol–water partition coefficient (Wildman–Crippen LogP) is 3.34. The van der Waals surface area contributed by atoms with E-state index in [1.807, 2.05) is 13.0 Å². The first-order valence-corrected chi connectivity index (χ1v) is 6.00. The maximum atomic E-state index is 13.7. The Kier molecular flexibility index (Phi) is 3.54. The predicted molar refractivity (Wildman–Crippen MR) is 69.1 cm³/mol. The van der Waals surface area contributed by atoms with Crippen molar-refractivity contribution in [1.82, 2.24) is 4.98 Å². The molecule has 0 radical (unpaired) electrons. The minimum atomic E-state index is -0.499. The van der Waals surface area contributed by atoms with Gasteiger partial charge in [0.25, 0.3) is 0 Å². The first-order valence-electron chi connectivity index (χ1n) is 5.20. The van der Waals surface area contributed by atoms with Crippen molar-refractivity contribution in [3.63, 3.8) is 0 Å². The summed E-state index contributed by atoms with van der Waals surface area (Å²) in [6.07, 6.45) is 3.38. The summed E-state index contributed by atoms with van der Waals surface area (Å²) in [7, 11) is 0. The number of hydrogen-bond acceptors (Lipinski definition) is 2. The fourth-order valence-corrected chi connectivity index (χ4v) is 2.10. The Morgan fingerprint density at radius 1 is 1.29 bits per heavy atom. The van der Waals surface area contributed by atoms with Crippen LogP contribution in [0.4, 0.5) is 4.39 Å². The van der Waals surface area contributed by atoms with E-state index in [9.17, 15) is 4.39 Å². The Balaban J connectivity index is 2.47. The van der Waals surface area contributed by atoms with Crippen LogP contribution in [0, 0.1) is 12.7 Å². The molecule has 4 heteroatoms. The van der Waals surface area contributed by atoms with Gasteiger partial charge < -0.3 is 5.73 Å². The van der Waals surface area contributed by atoms with Gasteiger partial charge in [-0.05, 0) is 42.3 Å². The molecule has 2 rings (SSSR count). The number of pyridine rings is 1. The van der Waals surface area contributed by atoms with Crippen LogP contribution in [0.1, 0.15) is 22.7 Å². The molecule has 88 valence electrons. The molecule has 17 heavy (non-hydrogen) atoms. The molecule has 2 N–H and O–H groups in total. The number of halogens is 2. The summed E-state index contributed by atoms with van der Waals surface area (Å²) in [5.74, 6) is -0.302.